The molecule has 0 radical (unpaired) electrons. The molecule has 0 saturated carbocycles. The maximum Gasteiger partial charge on any atom is 0.313 e. The fourth-order valence-corrected chi connectivity index (χ4v) is 1.29. The highest BCUT2D eigenvalue weighted by molar-refractivity contribution is 5.83. The van der Waals surface area contributed by atoms with Gasteiger partial charge in [0.1, 0.15) is 0 Å². The van der Waals surface area contributed by atoms with Crippen molar-refractivity contribution in [3.63, 3.8) is 0 Å². The fourth-order valence-electron chi connectivity index (χ4n) is 1.29. The second-order valence-electron chi connectivity index (χ2n) is 5.00. The Bertz CT molecular complexity index is 277. The molecule has 0 aliphatic heterocycles. The van der Waals surface area contributed by atoms with Crippen LogP contribution in [0.2, 0.25) is 0 Å². The van der Waals surface area contributed by atoms with Crippen LogP contribution in [0.3, 0.4) is 0 Å². The van der Waals surface area contributed by atoms with Crippen molar-refractivity contribution in [2.75, 3.05) is 13.7 Å². The fraction of sp³-hybridized carbons (Fsp3) is 0.833. The van der Waals surface area contributed by atoms with E-state index in [0.29, 0.717) is 0 Å². The number of rotatable bonds is 6. The topological polar surface area (TPSA) is 81.4 Å². The molecular weight excluding hydrogens is 220 g/mol. The van der Waals surface area contributed by atoms with Crippen LogP contribution in [0.15, 0.2) is 0 Å². The SMILES string of the molecule is CCC(C)[C@H](N)C(=O)NCC(C)(C)C(=O)OC. The van der Waals surface area contributed by atoms with Gasteiger partial charge in [-0.2, -0.15) is 0 Å². The average molecular weight is 244 g/mol. The molecule has 0 saturated heterocycles. The lowest BCUT2D eigenvalue weighted by atomic mass is 9.93. The molecule has 0 aliphatic rings. The van der Waals surface area contributed by atoms with E-state index in [1.165, 1.54) is 7.11 Å². The molecule has 2 atom stereocenters. The number of nitrogens with two attached hydrogens (primary N) is 1. The van der Waals surface area contributed by atoms with E-state index in [1.54, 1.807) is 13.8 Å². The predicted octanol–water partition coefficient (Wildman–Crippen LogP) is 0.675. The summed E-state index contributed by atoms with van der Waals surface area (Å²) in [6.45, 7) is 7.57. The molecule has 0 bridgehead atoms. The van der Waals surface area contributed by atoms with Gasteiger partial charge in [0.25, 0.3) is 0 Å². The van der Waals surface area contributed by atoms with E-state index in [2.05, 4.69) is 10.1 Å². The first-order valence-corrected chi connectivity index (χ1v) is 5.88. The van der Waals surface area contributed by atoms with Crippen LogP contribution in [0.5, 0.6) is 0 Å². The molecule has 1 amide bonds. The van der Waals surface area contributed by atoms with E-state index in [-0.39, 0.29) is 24.3 Å². The van der Waals surface area contributed by atoms with Crippen molar-refractivity contribution >= 4 is 11.9 Å². The van der Waals surface area contributed by atoms with Crippen molar-refractivity contribution in [2.24, 2.45) is 17.1 Å². The van der Waals surface area contributed by atoms with E-state index in [0.717, 1.165) is 6.42 Å². The first kappa shape index (κ1) is 15.9. The number of esters is 1. The van der Waals surface area contributed by atoms with Crippen LogP contribution in [-0.2, 0) is 14.3 Å². The summed E-state index contributed by atoms with van der Waals surface area (Å²) < 4.78 is 4.65. The van der Waals surface area contributed by atoms with Crippen molar-refractivity contribution < 1.29 is 14.3 Å². The molecule has 5 heteroatoms. The zero-order chi connectivity index (χ0) is 13.6. The van der Waals surface area contributed by atoms with Gasteiger partial charge in [-0.25, -0.2) is 0 Å². The summed E-state index contributed by atoms with van der Waals surface area (Å²) >= 11 is 0. The summed E-state index contributed by atoms with van der Waals surface area (Å²) in [6, 6.07) is -0.534. The minimum absolute atomic E-state index is 0.122. The predicted molar refractivity (Wildman–Crippen MR) is 66.2 cm³/mol. The van der Waals surface area contributed by atoms with Gasteiger partial charge in [0.2, 0.25) is 5.91 Å². The lowest BCUT2D eigenvalue weighted by Gasteiger charge is -2.24. The highest BCUT2D eigenvalue weighted by Crippen LogP contribution is 2.15. The van der Waals surface area contributed by atoms with Crippen LogP contribution >= 0.6 is 0 Å². The summed E-state index contributed by atoms with van der Waals surface area (Å²) in [5.74, 6) is -0.456. The van der Waals surface area contributed by atoms with Crippen LogP contribution in [0, 0.1) is 11.3 Å². The molecule has 0 aromatic heterocycles. The highest BCUT2D eigenvalue weighted by atomic mass is 16.5. The monoisotopic (exact) mass is 244 g/mol. The summed E-state index contributed by atoms with van der Waals surface area (Å²) in [5, 5.41) is 2.69. The number of carbonyl (C=O) groups is 2. The Morgan fingerprint density at radius 3 is 2.35 bits per heavy atom. The standard InChI is InChI=1S/C12H24N2O3/c1-6-8(2)9(13)10(15)14-7-12(3,4)11(16)17-5/h8-9H,6-7,13H2,1-5H3,(H,14,15)/t8?,9-/m0/s1. The van der Waals surface area contributed by atoms with Gasteiger partial charge in [0.05, 0.1) is 18.6 Å². The van der Waals surface area contributed by atoms with E-state index in [1.807, 2.05) is 13.8 Å². The number of hydrogen-bond donors (Lipinski definition) is 2. The Balaban J connectivity index is 4.29. The van der Waals surface area contributed by atoms with Gasteiger partial charge < -0.3 is 15.8 Å². The normalized spacial score (nSPS) is 14.9. The summed E-state index contributed by atoms with van der Waals surface area (Å²) in [6.07, 6.45) is 0.842. The molecule has 100 valence electrons. The van der Waals surface area contributed by atoms with Crippen molar-refractivity contribution in [2.45, 2.75) is 40.2 Å². The second kappa shape index (κ2) is 6.59. The van der Waals surface area contributed by atoms with E-state index >= 15 is 0 Å². The van der Waals surface area contributed by atoms with Crippen molar-refractivity contribution in [3.05, 3.63) is 0 Å². The van der Waals surface area contributed by atoms with Crippen LogP contribution < -0.4 is 11.1 Å². The quantitative estimate of drug-likeness (QED) is 0.673. The van der Waals surface area contributed by atoms with Gasteiger partial charge in [-0.1, -0.05) is 20.3 Å². The molecule has 1 unspecified atom stereocenters. The summed E-state index contributed by atoms with van der Waals surface area (Å²) in [7, 11) is 1.33. The van der Waals surface area contributed by atoms with Gasteiger partial charge in [0.15, 0.2) is 0 Å². The van der Waals surface area contributed by atoms with Gasteiger partial charge >= 0.3 is 5.97 Å². The number of carbonyl (C=O) groups excluding carboxylic acids is 2. The Labute approximate surface area is 103 Å². The Kier molecular flexibility index (Phi) is 6.16. The average Bonchev–Trinajstić information content (AvgIpc) is 2.32. The number of methoxy groups -OCH3 is 1. The second-order valence-corrected chi connectivity index (χ2v) is 5.00. The Hall–Kier alpha value is -1.10. The molecule has 17 heavy (non-hydrogen) atoms. The Morgan fingerprint density at radius 2 is 1.94 bits per heavy atom. The van der Waals surface area contributed by atoms with Gasteiger partial charge in [0, 0.05) is 6.54 Å². The molecule has 0 aliphatic carbocycles. The number of hydrogen-bond acceptors (Lipinski definition) is 4. The molecule has 5 nitrogen and oxygen atoms in total. The first-order chi connectivity index (χ1) is 7.76. The Morgan fingerprint density at radius 1 is 1.41 bits per heavy atom. The van der Waals surface area contributed by atoms with Crippen molar-refractivity contribution in [1.29, 1.82) is 0 Å². The number of amides is 1. The van der Waals surface area contributed by atoms with E-state index in [4.69, 9.17) is 5.73 Å². The molecular formula is C12H24N2O3. The zero-order valence-electron chi connectivity index (χ0n) is 11.4. The first-order valence-electron chi connectivity index (χ1n) is 5.88. The van der Waals surface area contributed by atoms with Crippen LogP contribution in [0.1, 0.15) is 34.1 Å². The van der Waals surface area contributed by atoms with Crippen LogP contribution in [0.4, 0.5) is 0 Å². The lowest BCUT2D eigenvalue weighted by Crippen LogP contribution is -2.48. The minimum Gasteiger partial charge on any atom is -0.469 e. The van der Waals surface area contributed by atoms with Crippen molar-refractivity contribution in [1.82, 2.24) is 5.32 Å². The van der Waals surface area contributed by atoms with Crippen LogP contribution in [-0.4, -0.2) is 31.6 Å². The molecule has 0 fully saturated rings. The largest absolute Gasteiger partial charge is 0.469 e. The highest BCUT2D eigenvalue weighted by Gasteiger charge is 2.30. The summed E-state index contributed by atoms with van der Waals surface area (Å²) in [4.78, 5) is 23.1. The minimum atomic E-state index is -0.737. The van der Waals surface area contributed by atoms with E-state index in [9.17, 15) is 9.59 Å². The van der Waals surface area contributed by atoms with Crippen LogP contribution in [0.25, 0.3) is 0 Å². The van der Waals surface area contributed by atoms with Gasteiger partial charge in [-0.15, -0.1) is 0 Å². The van der Waals surface area contributed by atoms with Crippen molar-refractivity contribution in [3.8, 4) is 0 Å². The molecule has 0 heterocycles. The molecule has 0 spiro atoms. The smallest absolute Gasteiger partial charge is 0.313 e. The van der Waals surface area contributed by atoms with Gasteiger partial charge in [-0.3, -0.25) is 9.59 Å². The third-order valence-electron chi connectivity index (χ3n) is 3.00. The third-order valence-corrected chi connectivity index (χ3v) is 3.00. The maximum atomic E-state index is 11.7. The molecule has 0 aromatic rings. The summed E-state index contributed by atoms with van der Waals surface area (Å²) in [5.41, 5.74) is 5.04. The third kappa shape index (κ3) is 4.73. The number of nitrogens with one attached hydrogen (secondary N) is 1. The molecule has 0 rings (SSSR count). The molecule has 0 aromatic carbocycles. The lowest BCUT2D eigenvalue weighted by molar-refractivity contribution is -0.150. The zero-order valence-corrected chi connectivity index (χ0v) is 11.4. The van der Waals surface area contributed by atoms with E-state index < -0.39 is 11.5 Å². The molecule has 3 N–H and O–H groups in total. The number of ether oxygens (including phenoxy) is 1. The maximum absolute atomic E-state index is 11.7. The van der Waals surface area contributed by atoms with Gasteiger partial charge in [-0.05, 0) is 19.8 Å².